The Morgan fingerprint density at radius 3 is 2.76 bits per heavy atom. The van der Waals surface area contributed by atoms with E-state index < -0.39 is 5.54 Å². The molecule has 0 amide bonds. The van der Waals surface area contributed by atoms with E-state index in [0.29, 0.717) is 12.1 Å². The van der Waals surface area contributed by atoms with Gasteiger partial charge in [0.1, 0.15) is 5.54 Å². The first-order valence-corrected chi connectivity index (χ1v) is 6.71. The summed E-state index contributed by atoms with van der Waals surface area (Å²) in [4.78, 5) is 14.6. The largest absolute Gasteiger partial charge is 0.468 e. The predicted octanol–water partition coefficient (Wildman–Crippen LogP) is 1.15. The summed E-state index contributed by atoms with van der Waals surface area (Å²) < 4.78 is 5.05. The van der Waals surface area contributed by atoms with Crippen LogP contribution in [-0.2, 0) is 9.53 Å². The summed E-state index contributed by atoms with van der Waals surface area (Å²) in [6.07, 6.45) is 4.26. The Kier molecular flexibility index (Phi) is 3.73. The van der Waals surface area contributed by atoms with Gasteiger partial charge in [0.25, 0.3) is 0 Å². The van der Waals surface area contributed by atoms with Gasteiger partial charge in [-0.25, -0.2) is 4.79 Å². The molecule has 4 heteroatoms. The third-order valence-corrected chi connectivity index (χ3v) is 4.26. The van der Waals surface area contributed by atoms with Crippen molar-refractivity contribution in [2.75, 3.05) is 20.2 Å². The molecule has 2 unspecified atom stereocenters. The zero-order valence-corrected chi connectivity index (χ0v) is 11.2. The molecule has 0 aromatic carbocycles. The maximum atomic E-state index is 12.2. The molecule has 0 radical (unpaired) electrons. The molecular formula is C13H24N2O2. The zero-order valence-electron chi connectivity index (χ0n) is 11.2. The number of hydrogen-bond acceptors (Lipinski definition) is 4. The molecule has 2 heterocycles. The zero-order chi connectivity index (χ0) is 12.5. The van der Waals surface area contributed by atoms with Gasteiger partial charge in [-0.1, -0.05) is 0 Å². The van der Waals surface area contributed by atoms with Gasteiger partial charge in [0.15, 0.2) is 0 Å². The highest BCUT2D eigenvalue weighted by Gasteiger charge is 2.52. The van der Waals surface area contributed by atoms with Gasteiger partial charge in [0.05, 0.1) is 7.11 Å². The predicted molar refractivity (Wildman–Crippen MR) is 66.8 cm³/mol. The van der Waals surface area contributed by atoms with Crippen LogP contribution in [0, 0.1) is 0 Å². The molecule has 2 rings (SSSR count). The monoisotopic (exact) mass is 240 g/mol. The van der Waals surface area contributed by atoms with Crippen molar-refractivity contribution in [1.29, 1.82) is 0 Å². The molecule has 2 aliphatic rings. The molecule has 4 nitrogen and oxygen atoms in total. The molecule has 0 saturated carbocycles. The van der Waals surface area contributed by atoms with Gasteiger partial charge in [0, 0.05) is 12.1 Å². The molecule has 0 aromatic rings. The van der Waals surface area contributed by atoms with E-state index >= 15 is 0 Å². The van der Waals surface area contributed by atoms with Crippen molar-refractivity contribution in [2.24, 2.45) is 0 Å². The van der Waals surface area contributed by atoms with Crippen molar-refractivity contribution >= 4 is 5.97 Å². The van der Waals surface area contributed by atoms with Crippen molar-refractivity contribution in [3.8, 4) is 0 Å². The van der Waals surface area contributed by atoms with Crippen LogP contribution in [0.3, 0.4) is 0 Å². The van der Waals surface area contributed by atoms with Crippen molar-refractivity contribution in [3.63, 3.8) is 0 Å². The number of methoxy groups -OCH3 is 1. The summed E-state index contributed by atoms with van der Waals surface area (Å²) in [5.74, 6) is -0.0763. The smallest absolute Gasteiger partial charge is 0.327 e. The van der Waals surface area contributed by atoms with Crippen LogP contribution in [0.15, 0.2) is 0 Å². The van der Waals surface area contributed by atoms with Crippen molar-refractivity contribution in [2.45, 2.75) is 57.2 Å². The highest BCUT2D eigenvalue weighted by atomic mass is 16.5. The molecule has 2 saturated heterocycles. The molecule has 0 bridgehead atoms. The lowest BCUT2D eigenvalue weighted by atomic mass is 9.86. The minimum atomic E-state index is -0.449. The summed E-state index contributed by atoms with van der Waals surface area (Å²) in [5, 5.41) is 3.43. The van der Waals surface area contributed by atoms with Gasteiger partial charge in [-0.3, -0.25) is 4.90 Å². The highest BCUT2D eigenvalue weighted by molar-refractivity contribution is 5.82. The summed E-state index contributed by atoms with van der Waals surface area (Å²) in [6, 6.07) is 0.795. The fourth-order valence-corrected chi connectivity index (χ4v) is 3.48. The molecule has 1 N–H and O–H groups in total. The Morgan fingerprint density at radius 1 is 1.47 bits per heavy atom. The fourth-order valence-electron chi connectivity index (χ4n) is 3.48. The number of hydrogen-bond donors (Lipinski definition) is 1. The fraction of sp³-hybridized carbons (Fsp3) is 0.923. The van der Waals surface area contributed by atoms with Crippen molar-refractivity contribution in [1.82, 2.24) is 10.2 Å². The van der Waals surface area contributed by atoms with E-state index in [9.17, 15) is 4.79 Å². The van der Waals surface area contributed by atoms with E-state index in [4.69, 9.17) is 4.74 Å². The van der Waals surface area contributed by atoms with Crippen LogP contribution in [-0.4, -0.2) is 48.7 Å². The van der Waals surface area contributed by atoms with Gasteiger partial charge >= 0.3 is 5.97 Å². The molecule has 2 atom stereocenters. The van der Waals surface area contributed by atoms with E-state index in [-0.39, 0.29) is 5.97 Å². The molecule has 0 spiro atoms. The number of esters is 1. The first kappa shape index (κ1) is 12.8. The Morgan fingerprint density at radius 2 is 2.24 bits per heavy atom. The Labute approximate surface area is 104 Å². The van der Waals surface area contributed by atoms with Crippen LogP contribution in [0.1, 0.15) is 39.5 Å². The van der Waals surface area contributed by atoms with E-state index in [1.54, 1.807) is 0 Å². The summed E-state index contributed by atoms with van der Waals surface area (Å²) in [6.45, 7) is 6.44. The van der Waals surface area contributed by atoms with Crippen LogP contribution in [0.25, 0.3) is 0 Å². The number of likely N-dealkylation sites (tertiary alicyclic amines) is 1. The lowest BCUT2D eigenvalue weighted by molar-refractivity contribution is -0.151. The van der Waals surface area contributed by atoms with Crippen molar-refractivity contribution < 1.29 is 9.53 Å². The van der Waals surface area contributed by atoms with E-state index in [0.717, 1.165) is 32.4 Å². The molecule has 0 aromatic heterocycles. The second-order valence-corrected chi connectivity index (χ2v) is 5.48. The Hall–Kier alpha value is -0.610. The van der Waals surface area contributed by atoms with Gasteiger partial charge in [-0.2, -0.15) is 0 Å². The summed E-state index contributed by atoms with van der Waals surface area (Å²) in [7, 11) is 1.50. The van der Waals surface area contributed by atoms with Crippen LogP contribution >= 0.6 is 0 Å². The lowest BCUT2D eigenvalue weighted by Gasteiger charge is -2.40. The van der Waals surface area contributed by atoms with Crippen molar-refractivity contribution in [3.05, 3.63) is 0 Å². The second-order valence-electron chi connectivity index (χ2n) is 5.48. The van der Waals surface area contributed by atoms with E-state index in [1.165, 1.54) is 13.5 Å². The van der Waals surface area contributed by atoms with E-state index in [2.05, 4.69) is 24.1 Å². The average Bonchev–Trinajstić information content (AvgIpc) is 2.96. The first-order chi connectivity index (χ1) is 8.12. The number of carbonyl (C=O) groups is 1. The van der Waals surface area contributed by atoms with Gasteiger partial charge in [-0.15, -0.1) is 0 Å². The summed E-state index contributed by atoms with van der Waals surface area (Å²) >= 11 is 0. The highest BCUT2D eigenvalue weighted by Crippen LogP contribution is 2.35. The van der Waals surface area contributed by atoms with Crippen LogP contribution in [0.4, 0.5) is 0 Å². The summed E-state index contributed by atoms with van der Waals surface area (Å²) in [5.41, 5.74) is -0.449. The molecule has 98 valence electrons. The Balaban J connectivity index is 2.24. The van der Waals surface area contributed by atoms with Crippen LogP contribution < -0.4 is 5.32 Å². The second kappa shape index (κ2) is 4.94. The van der Waals surface area contributed by atoms with Crippen LogP contribution in [0.2, 0.25) is 0 Å². The molecule has 2 fully saturated rings. The van der Waals surface area contributed by atoms with Gasteiger partial charge in [0.2, 0.25) is 0 Å². The quantitative estimate of drug-likeness (QED) is 0.752. The third kappa shape index (κ3) is 2.08. The molecular weight excluding hydrogens is 216 g/mol. The van der Waals surface area contributed by atoms with E-state index in [1.807, 2.05) is 0 Å². The van der Waals surface area contributed by atoms with Gasteiger partial charge < -0.3 is 10.1 Å². The maximum absolute atomic E-state index is 12.2. The molecule has 0 aliphatic carbocycles. The normalized spacial score (nSPS) is 34.5. The topological polar surface area (TPSA) is 41.6 Å². The Bertz CT molecular complexity index is 285. The number of ether oxygens (including phenoxy) is 1. The first-order valence-electron chi connectivity index (χ1n) is 6.71. The maximum Gasteiger partial charge on any atom is 0.327 e. The number of rotatable bonds is 3. The van der Waals surface area contributed by atoms with Gasteiger partial charge in [-0.05, 0) is 52.6 Å². The number of nitrogens with one attached hydrogen (secondary N) is 1. The number of nitrogens with zero attached hydrogens (tertiary/aromatic N) is 1. The SMILES string of the molecule is COC(=O)C1(C2CCCN2C(C)C)CCCN1. The standard InChI is InChI=1S/C13H24N2O2/c1-10(2)15-9-4-6-11(15)13(12(16)17-3)7-5-8-14-13/h10-11,14H,4-9H2,1-3H3. The lowest BCUT2D eigenvalue weighted by Crippen LogP contribution is -2.62. The molecule has 17 heavy (non-hydrogen) atoms. The minimum Gasteiger partial charge on any atom is -0.468 e. The average molecular weight is 240 g/mol. The minimum absolute atomic E-state index is 0.0763. The molecule has 2 aliphatic heterocycles. The van der Waals surface area contributed by atoms with Crippen LogP contribution in [0.5, 0.6) is 0 Å². The number of carbonyl (C=O) groups excluding carboxylic acids is 1. The third-order valence-electron chi connectivity index (χ3n) is 4.26.